The second-order valence-electron chi connectivity index (χ2n) is 13.3. The molecule has 3 unspecified atom stereocenters. The molecule has 5 atom stereocenters. The molecule has 0 radical (unpaired) electrons. The lowest BCUT2D eigenvalue weighted by atomic mass is 9.80. The van der Waals surface area contributed by atoms with Crippen molar-refractivity contribution in [2.45, 2.75) is 103 Å². The molecule has 5 aliphatic rings. The number of nitrogens with two attached hydrogens (primary N) is 1. The topological polar surface area (TPSA) is 148 Å². The Labute approximate surface area is 230 Å². The molecule has 1 saturated heterocycles. The first-order valence-electron chi connectivity index (χ1n) is 15.0. The molecule has 10 nitrogen and oxygen atoms in total. The lowest BCUT2D eigenvalue weighted by Crippen LogP contribution is -2.59. The van der Waals surface area contributed by atoms with Crippen LogP contribution in [0.2, 0.25) is 0 Å². The van der Waals surface area contributed by atoms with Crippen LogP contribution >= 0.6 is 0 Å². The van der Waals surface area contributed by atoms with Gasteiger partial charge in [0, 0.05) is 6.54 Å². The summed E-state index contributed by atoms with van der Waals surface area (Å²) in [6.07, 6.45) is 9.65. The molecule has 1 heterocycles. The number of ether oxygens (including phenoxy) is 1. The fraction of sp³-hybridized carbons (Fsp3) is 0.828. The Bertz CT molecular complexity index is 1000. The monoisotopic (exact) mass is 544 g/mol. The summed E-state index contributed by atoms with van der Waals surface area (Å²) < 4.78 is 5.41. The van der Waals surface area contributed by atoms with Crippen molar-refractivity contribution in [3.63, 3.8) is 0 Å². The highest BCUT2D eigenvalue weighted by molar-refractivity contribution is 6.37. The number of carbonyl (C=O) groups excluding carboxylic acids is 5. The third-order valence-electron chi connectivity index (χ3n) is 10.2. The van der Waals surface area contributed by atoms with Gasteiger partial charge < -0.3 is 26.0 Å². The van der Waals surface area contributed by atoms with Crippen molar-refractivity contribution < 1.29 is 28.7 Å². The number of carbonyl (C=O) groups is 5. The lowest BCUT2D eigenvalue weighted by Gasteiger charge is -2.37. The Morgan fingerprint density at radius 3 is 2.21 bits per heavy atom. The molecule has 216 valence electrons. The van der Waals surface area contributed by atoms with Crippen LogP contribution in [0.1, 0.15) is 84.5 Å². The van der Waals surface area contributed by atoms with Gasteiger partial charge in [0.15, 0.2) is 0 Å². The Hall–Kier alpha value is -2.65. The first-order chi connectivity index (χ1) is 18.6. The molecule has 0 aromatic heterocycles. The number of hydrogen-bond donors (Lipinski definition) is 3. The van der Waals surface area contributed by atoms with Crippen LogP contribution < -0.4 is 16.4 Å². The number of fused-ring (bicyclic) bond motifs is 1. The van der Waals surface area contributed by atoms with Gasteiger partial charge in [-0.05, 0) is 67.1 Å². The minimum absolute atomic E-state index is 0.0174. The largest absolute Gasteiger partial charge is 0.449 e. The second kappa shape index (κ2) is 11.1. The average molecular weight is 545 g/mol. The number of ketones is 1. The standard InChI is InChI=1S/C29H44N4O6/c1-29(2)19-14-33(23(21(19)29)26(36)31-20(24(34)25(30)35)13-16-7-6-8-16)27(37)22(18-9-4-3-5-10-18)32-28(38)39-15-17-11-12-17/h16-23H,3-15H2,1-2H3,(H2,30,35)(H,31,36)(H,32,38)/t19?,20?,21?,22-,23-/m0/s1. The summed E-state index contributed by atoms with van der Waals surface area (Å²) in [5.74, 6) is -1.76. The molecule has 5 rings (SSSR count). The summed E-state index contributed by atoms with van der Waals surface area (Å²) in [7, 11) is 0. The summed E-state index contributed by atoms with van der Waals surface area (Å²) in [4.78, 5) is 66.6. The third kappa shape index (κ3) is 5.94. The summed E-state index contributed by atoms with van der Waals surface area (Å²) in [6.45, 7) is 4.97. The number of hydrogen-bond acceptors (Lipinski definition) is 6. The van der Waals surface area contributed by atoms with Crippen LogP contribution in [0.4, 0.5) is 4.79 Å². The zero-order valence-corrected chi connectivity index (χ0v) is 23.3. The molecular formula is C29H44N4O6. The van der Waals surface area contributed by atoms with Crippen LogP contribution in [0, 0.1) is 35.0 Å². The molecule has 0 aromatic carbocycles. The van der Waals surface area contributed by atoms with Crippen molar-refractivity contribution in [3.05, 3.63) is 0 Å². The molecule has 4 N–H and O–H groups in total. The van der Waals surface area contributed by atoms with Gasteiger partial charge in [-0.3, -0.25) is 19.2 Å². The molecule has 5 fully saturated rings. The summed E-state index contributed by atoms with van der Waals surface area (Å²) in [5.41, 5.74) is 5.20. The van der Waals surface area contributed by atoms with Crippen molar-refractivity contribution in [1.29, 1.82) is 0 Å². The molecule has 0 aromatic rings. The van der Waals surface area contributed by atoms with Crippen LogP contribution in [0.5, 0.6) is 0 Å². The number of alkyl carbamates (subject to hydrolysis) is 1. The van der Waals surface area contributed by atoms with E-state index in [2.05, 4.69) is 24.5 Å². The molecule has 0 bridgehead atoms. The fourth-order valence-electron chi connectivity index (χ4n) is 7.21. The molecule has 4 aliphatic carbocycles. The minimum Gasteiger partial charge on any atom is -0.449 e. The number of nitrogens with one attached hydrogen (secondary N) is 2. The van der Waals surface area contributed by atoms with Crippen LogP contribution in [-0.4, -0.2) is 65.8 Å². The number of primary amides is 1. The van der Waals surface area contributed by atoms with Crippen molar-refractivity contribution in [2.24, 2.45) is 40.7 Å². The number of amides is 4. The second-order valence-corrected chi connectivity index (χ2v) is 13.3. The zero-order chi connectivity index (χ0) is 27.9. The predicted molar refractivity (Wildman–Crippen MR) is 142 cm³/mol. The van der Waals surface area contributed by atoms with E-state index in [1.54, 1.807) is 4.90 Å². The highest BCUT2D eigenvalue weighted by atomic mass is 16.5. The van der Waals surface area contributed by atoms with Gasteiger partial charge >= 0.3 is 6.09 Å². The maximum absolute atomic E-state index is 14.1. The van der Waals surface area contributed by atoms with E-state index in [0.29, 0.717) is 25.5 Å². The lowest BCUT2D eigenvalue weighted by molar-refractivity contribution is -0.144. The molecule has 1 aliphatic heterocycles. The van der Waals surface area contributed by atoms with Crippen molar-refractivity contribution >= 4 is 29.6 Å². The van der Waals surface area contributed by atoms with E-state index >= 15 is 0 Å². The minimum atomic E-state index is -1.06. The van der Waals surface area contributed by atoms with Crippen LogP contribution in [0.25, 0.3) is 0 Å². The van der Waals surface area contributed by atoms with Gasteiger partial charge in [-0.1, -0.05) is 52.4 Å². The van der Waals surface area contributed by atoms with Crippen molar-refractivity contribution in [3.8, 4) is 0 Å². The zero-order valence-electron chi connectivity index (χ0n) is 23.3. The van der Waals surface area contributed by atoms with Gasteiger partial charge in [0.2, 0.25) is 17.6 Å². The maximum Gasteiger partial charge on any atom is 0.407 e. The summed E-state index contributed by atoms with van der Waals surface area (Å²) in [5, 5.41) is 5.69. The SMILES string of the molecule is CC1(C)C2CN(C(=O)[C@@H](NC(=O)OCC3CC3)C3CCCCC3)[C@H](C(=O)NC(CC3CCC3)C(=O)C(N)=O)C21. The Balaban J connectivity index is 1.33. The molecule has 10 heteroatoms. The van der Waals surface area contributed by atoms with Crippen LogP contribution in [0.15, 0.2) is 0 Å². The van der Waals surface area contributed by atoms with Gasteiger partial charge in [-0.25, -0.2) is 4.79 Å². The highest BCUT2D eigenvalue weighted by Crippen LogP contribution is 2.65. The van der Waals surface area contributed by atoms with E-state index in [1.807, 2.05) is 0 Å². The predicted octanol–water partition coefficient (Wildman–Crippen LogP) is 2.28. The van der Waals surface area contributed by atoms with Gasteiger partial charge in [-0.2, -0.15) is 0 Å². The van der Waals surface area contributed by atoms with E-state index in [0.717, 1.165) is 64.2 Å². The molecular weight excluding hydrogens is 500 g/mol. The van der Waals surface area contributed by atoms with E-state index in [-0.39, 0.29) is 35.0 Å². The Morgan fingerprint density at radius 1 is 0.923 bits per heavy atom. The van der Waals surface area contributed by atoms with E-state index in [9.17, 15) is 24.0 Å². The van der Waals surface area contributed by atoms with Gasteiger partial charge in [0.25, 0.3) is 5.91 Å². The molecule has 4 amide bonds. The molecule has 4 saturated carbocycles. The van der Waals surface area contributed by atoms with E-state index in [1.165, 1.54) is 0 Å². The summed E-state index contributed by atoms with van der Waals surface area (Å²) >= 11 is 0. The number of piperidine rings is 1. The molecule has 0 spiro atoms. The number of Topliss-reactive ketones (excluding diaryl/α,β-unsaturated/α-hetero) is 1. The van der Waals surface area contributed by atoms with Crippen molar-refractivity contribution in [2.75, 3.05) is 13.2 Å². The van der Waals surface area contributed by atoms with E-state index < -0.39 is 41.8 Å². The van der Waals surface area contributed by atoms with Gasteiger partial charge in [0.1, 0.15) is 12.1 Å². The third-order valence-corrected chi connectivity index (χ3v) is 10.2. The Morgan fingerprint density at radius 2 is 1.62 bits per heavy atom. The number of rotatable bonds is 11. The van der Waals surface area contributed by atoms with Gasteiger partial charge in [0.05, 0.1) is 12.6 Å². The Kier molecular flexibility index (Phi) is 7.93. The highest BCUT2D eigenvalue weighted by Gasteiger charge is 2.69. The normalized spacial score (nSPS) is 29.4. The van der Waals surface area contributed by atoms with Crippen LogP contribution in [-0.2, 0) is 23.9 Å². The molecule has 39 heavy (non-hydrogen) atoms. The van der Waals surface area contributed by atoms with Gasteiger partial charge in [-0.15, -0.1) is 0 Å². The fourth-order valence-corrected chi connectivity index (χ4v) is 7.21. The average Bonchev–Trinajstić information content (AvgIpc) is 3.75. The smallest absolute Gasteiger partial charge is 0.407 e. The van der Waals surface area contributed by atoms with E-state index in [4.69, 9.17) is 10.5 Å². The first-order valence-corrected chi connectivity index (χ1v) is 15.0. The number of likely N-dealkylation sites (tertiary alicyclic amines) is 1. The quantitative estimate of drug-likeness (QED) is 0.340. The first kappa shape index (κ1) is 27.9. The van der Waals surface area contributed by atoms with Crippen molar-refractivity contribution in [1.82, 2.24) is 15.5 Å². The maximum atomic E-state index is 14.1. The summed E-state index contributed by atoms with van der Waals surface area (Å²) in [6, 6.07) is -2.51. The van der Waals surface area contributed by atoms with Crippen LogP contribution in [0.3, 0.4) is 0 Å². The number of nitrogens with zero attached hydrogens (tertiary/aromatic N) is 1.